The van der Waals surface area contributed by atoms with Crippen LogP contribution < -0.4 is 14.2 Å². The van der Waals surface area contributed by atoms with Crippen molar-refractivity contribution < 1.29 is 19.0 Å². The number of hydrogen-bond acceptors (Lipinski definition) is 6. The number of ether oxygens (including phenoxy) is 3. The average Bonchev–Trinajstić information content (AvgIpc) is 2.97. The van der Waals surface area contributed by atoms with E-state index in [0.717, 1.165) is 28.7 Å². The molecule has 4 aromatic carbocycles. The van der Waals surface area contributed by atoms with Gasteiger partial charge in [0.15, 0.2) is 0 Å². The van der Waals surface area contributed by atoms with Crippen LogP contribution in [0.1, 0.15) is 55.8 Å². The molecular formula is C32H34N2O4. The van der Waals surface area contributed by atoms with E-state index in [0.29, 0.717) is 29.3 Å². The predicted octanol–water partition coefficient (Wildman–Crippen LogP) is 9.22. The highest BCUT2D eigenvalue weighted by atomic mass is 16.5. The van der Waals surface area contributed by atoms with Crippen molar-refractivity contribution in [1.29, 1.82) is 0 Å². The summed E-state index contributed by atoms with van der Waals surface area (Å²) < 4.78 is 16.8. The van der Waals surface area contributed by atoms with Gasteiger partial charge < -0.3 is 14.2 Å². The van der Waals surface area contributed by atoms with Gasteiger partial charge in [-0.15, -0.1) is 5.11 Å². The summed E-state index contributed by atoms with van der Waals surface area (Å²) in [6, 6.07) is 25.7. The van der Waals surface area contributed by atoms with Crippen molar-refractivity contribution in [3.05, 3.63) is 90.5 Å². The molecule has 0 radical (unpaired) electrons. The molecule has 0 aliphatic rings. The predicted molar refractivity (Wildman–Crippen MR) is 151 cm³/mol. The van der Waals surface area contributed by atoms with Crippen LogP contribution in [0.25, 0.3) is 10.8 Å². The first-order valence-electron chi connectivity index (χ1n) is 13.2. The molecule has 4 aromatic rings. The van der Waals surface area contributed by atoms with E-state index in [1.54, 1.807) is 31.4 Å². The summed E-state index contributed by atoms with van der Waals surface area (Å²) in [7, 11) is 1.62. The minimum Gasteiger partial charge on any atom is -0.497 e. The van der Waals surface area contributed by atoms with Crippen LogP contribution in [0.2, 0.25) is 0 Å². The molecule has 0 aliphatic carbocycles. The maximum Gasteiger partial charge on any atom is 0.343 e. The Morgan fingerprint density at radius 3 is 2.13 bits per heavy atom. The van der Waals surface area contributed by atoms with Crippen LogP contribution in [0.5, 0.6) is 17.2 Å². The number of azo groups is 1. The highest BCUT2D eigenvalue weighted by molar-refractivity contribution is 5.99. The number of carbonyl (C=O) groups excluding carboxylic acids is 1. The highest BCUT2D eigenvalue weighted by Crippen LogP contribution is 2.34. The number of unbranched alkanes of at least 4 members (excludes halogenated alkanes) is 5. The molecule has 0 unspecified atom stereocenters. The van der Waals surface area contributed by atoms with E-state index in [1.165, 1.54) is 32.1 Å². The third-order valence-electron chi connectivity index (χ3n) is 6.27. The Balaban J connectivity index is 1.39. The van der Waals surface area contributed by atoms with Gasteiger partial charge in [-0.25, -0.2) is 4.79 Å². The first kappa shape index (κ1) is 26.9. The third kappa shape index (κ3) is 7.42. The summed E-state index contributed by atoms with van der Waals surface area (Å²) in [4.78, 5) is 12.9. The van der Waals surface area contributed by atoms with Gasteiger partial charge in [0.2, 0.25) is 0 Å². The normalized spacial score (nSPS) is 11.1. The Bertz CT molecular complexity index is 1350. The van der Waals surface area contributed by atoms with Crippen LogP contribution in [0.15, 0.2) is 95.2 Å². The molecule has 0 N–H and O–H groups in total. The molecule has 196 valence electrons. The van der Waals surface area contributed by atoms with Crippen molar-refractivity contribution in [1.82, 2.24) is 0 Å². The molecule has 0 amide bonds. The number of carbonyl (C=O) groups is 1. The molecule has 0 bridgehead atoms. The van der Waals surface area contributed by atoms with Crippen molar-refractivity contribution >= 4 is 28.1 Å². The van der Waals surface area contributed by atoms with Crippen LogP contribution in [-0.2, 0) is 0 Å². The van der Waals surface area contributed by atoms with E-state index in [4.69, 9.17) is 14.2 Å². The fourth-order valence-corrected chi connectivity index (χ4v) is 4.11. The lowest BCUT2D eigenvalue weighted by Crippen LogP contribution is -2.08. The second-order valence-corrected chi connectivity index (χ2v) is 9.06. The summed E-state index contributed by atoms with van der Waals surface area (Å²) in [6.07, 6.45) is 7.32. The van der Waals surface area contributed by atoms with E-state index in [2.05, 4.69) is 17.2 Å². The van der Waals surface area contributed by atoms with Crippen LogP contribution >= 0.6 is 0 Å². The number of rotatable bonds is 13. The standard InChI is InChI=1S/C32H34N2O4/c1-3-4-5-6-7-10-23-37-27-17-13-24(14-18-27)32(35)38-31-22-21-30(28-11-8-9-12-29(28)31)34-33-25-15-19-26(36-2)20-16-25/h8-9,11-22H,3-7,10,23H2,1-2H3. The van der Waals surface area contributed by atoms with Crippen LogP contribution in [-0.4, -0.2) is 19.7 Å². The van der Waals surface area contributed by atoms with Gasteiger partial charge in [0.1, 0.15) is 17.2 Å². The van der Waals surface area contributed by atoms with Crippen molar-refractivity contribution in [3.8, 4) is 17.2 Å². The van der Waals surface area contributed by atoms with Gasteiger partial charge in [-0.3, -0.25) is 0 Å². The molecule has 0 saturated heterocycles. The van der Waals surface area contributed by atoms with Crippen molar-refractivity contribution in [3.63, 3.8) is 0 Å². The zero-order chi connectivity index (χ0) is 26.6. The van der Waals surface area contributed by atoms with E-state index in [1.807, 2.05) is 60.7 Å². The lowest BCUT2D eigenvalue weighted by molar-refractivity contribution is 0.0737. The molecule has 0 atom stereocenters. The molecule has 0 heterocycles. The lowest BCUT2D eigenvalue weighted by Gasteiger charge is -2.10. The van der Waals surface area contributed by atoms with Crippen molar-refractivity contribution in [2.24, 2.45) is 10.2 Å². The fourth-order valence-electron chi connectivity index (χ4n) is 4.11. The second-order valence-electron chi connectivity index (χ2n) is 9.06. The molecule has 0 aliphatic heterocycles. The SMILES string of the molecule is CCCCCCCCOc1ccc(C(=O)Oc2ccc(N=Nc3ccc(OC)cc3)c3ccccc23)cc1. The molecule has 6 nitrogen and oxygen atoms in total. The van der Waals surface area contributed by atoms with Gasteiger partial charge >= 0.3 is 5.97 Å². The van der Waals surface area contributed by atoms with E-state index >= 15 is 0 Å². The summed E-state index contributed by atoms with van der Waals surface area (Å²) >= 11 is 0. The van der Waals surface area contributed by atoms with Gasteiger partial charge in [0.25, 0.3) is 0 Å². The monoisotopic (exact) mass is 510 g/mol. The summed E-state index contributed by atoms with van der Waals surface area (Å²) in [6.45, 7) is 2.91. The summed E-state index contributed by atoms with van der Waals surface area (Å²) in [5, 5.41) is 10.4. The van der Waals surface area contributed by atoms with Gasteiger partial charge in [-0.1, -0.05) is 63.3 Å². The Hall–Kier alpha value is -4.19. The fraction of sp³-hybridized carbons (Fsp3) is 0.281. The largest absolute Gasteiger partial charge is 0.497 e. The van der Waals surface area contributed by atoms with Gasteiger partial charge in [-0.2, -0.15) is 5.11 Å². The number of hydrogen-bond donors (Lipinski definition) is 0. The zero-order valence-corrected chi connectivity index (χ0v) is 22.1. The Morgan fingerprint density at radius 1 is 0.711 bits per heavy atom. The molecule has 0 saturated carbocycles. The Labute approximate surface area is 224 Å². The average molecular weight is 511 g/mol. The van der Waals surface area contributed by atoms with Crippen LogP contribution in [0.3, 0.4) is 0 Å². The second kappa shape index (κ2) is 13.9. The maximum atomic E-state index is 12.9. The number of fused-ring (bicyclic) bond motifs is 1. The smallest absolute Gasteiger partial charge is 0.343 e. The summed E-state index contributed by atoms with van der Waals surface area (Å²) in [5.41, 5.74) is 1.86. The number of esters is 1. The van der Waals surface area contributed by atoms with Crippen LogP contribution in [0.4, 0.5) is 11.4 Å². The maximum absolute atomic E-state index is 12.9. The molecule has 38 heavy (non-hydrogen) atoms. The number of nitrogens with zero attached hydrogens (tertiary/aromatic N) is 2. The van der Waals surface area contributed by atoms with Crippen molar-refractivity contribution in [2.45, 2.75) is 45.4 Å². The number of methoxy groups -OCH3 is 1. The topological polar surface area (TPSA) is 69.5 Å². The number of benzene rings is 4. The molecule has 0 spiro atoms. The molecule has 0 aromatic heterocycles. The van der Waals surface area contributed by atoms with E-state index in [-0.39, 0.29) is 0 Å². The first-order chi connectivity index (χ1) is 18.7. The lowest BCUT2D eigenvalue weighted by atomic mass is 10.1. The zero-order valence-electron chi connectivity index (χ0n) is 22.1. The third-order valence-corrected chi connectivity index (χ3v) is 6.27. The minimum atomic E-state index is -0.426. The Kier molecular flexibility index (Phi) is 9.85. The van der Waals surface area contributed by atoms with Gasteiger partial charge in [-0.05, 0) is 67.1 Å². The van der Waals surface area contributed by atoms with Crippen molar-refractivity contribution in [2.75, 3.05) is 13.7 Å². The van der Waals surface area contributed by atoms with Gasteiger partial charge in [0.05, 0.1) is 30.7 Å². The Morgan fingerprint density at radius 2 is 1.39 bits per heavy atom. The minimum absolute atomic E-state index is 0.426. The van der Waals surface area contributed by atoms with E-state index in [9.17, 15) is 4.79 Å². The first-order valence-corrected chi connectivity index (χ1v) is 13.2. The molecule has 6 heteroatoms. The van der Waals surface area contributed by atoms with Crippen LogP contribution in [0, 0.1) is 0 Å². The summed E-state index contributed by atoms with van der Waals surface area (Å²) in [5.74, 6) is 1.56. The molecule has 4 rings (SSSR count). The molecular weight excluding hydrogens is 476 g/mol. The molecule has 0 fully saturated rings. The van der Waals surface area contributed by atoms with E-state index < -0.39 is 5.97 Å². The highest BCUT2D eigenvalue weighted by Gasteiger charge is 2.13. The van der Waals surface area contributed by atoms with Gasteiger partial charge in [0, 0.05) is 10.8 Å². The quantitative estimate of drug-likeness (QED) is 0.0778.